The zero-order valence-corrected chi connectivity index (χ0v) is 15.7. The van der Waals surface area contributed by atoms with E-state index in [9.17, 15) is 14.9 Å². The molecular weight excluding hydrogens is 378 g/mol. The summed E-state index contributed by atoms with van der Waals surface area (Å²) in [7, 11) is 0. The smallest absolute Gasteiger partial charge is 0.279 e. The Hall–Kier alpha value is -3.46. The second-order valence-electron chi connectivity index (χ2n) is 6.10. The highest BCUT2D eigenvalue weighted by Gasteiger charge is 2.33. The number of hydrogen-bond acceptors (Lipinski definition) is 7. The highest BCUT2D eigenvalue weighted by Crippen LogP contribution is 2.36. The van der Waals surface area contributed by atoms with Gasteiger partial charge in [0.25, 0.3) is 11.6 Å². The number of nitro groups is 1. The molecule has 0 atom stereocenters. The number of benzene rings is 2. The summed E-state index contributed by atoms with van der Waals surface area (Å²) in [5.41, 5.74) is 2.23. The summed E-state index contributed by atoms with van der Waals surface area (Å²) in [6, 6.07) is 13.8. The number of nitro benzene ring substituents is 1. The topological polar surface area (TPSA) is 102 Å². The van der Waals surface area contributed by atoms with Crippen LogP contribution in [0.1, 0.15) is 18.9 Å². The molecule has 0 saturated carbocycles. The van der Waals surface area contributed by atoms with E-state index in [0.29, 0.717) is 22.8 Å². The van der Waals surface area contributed by atoms with Gasteiger partial charge in [-0.2, -0.15) is 0 Å². The quantitative estimate of drug-likeness (QED) is 0.482. The van der Waals surface area contributed by atoms with Crippen LogP contribution in [0.2, 0.25) is 0 Å². The number of carbonyl (C=O) groups excluding carboxylic acids is 1. The van der Waals surface area contributed by atoms with E-state index in [4.69, 9.17) is 0 Å². The minimum Gasteiger partial charge on any atom is -0.306 e. The van der Waals surface area contributed by atoms with Gasteiger partial charge in [0.15, 0.2) is 5.01 Å². The summed E-state index contributed by atoms with van der Waals surface area (Å²) in [4.78, 5) is 29.8. The van der Waals surface area contributed by atoms with E-state index in [0.717, 1.165) is 29.0 Å². The van der Waals surface area contributed by atoms with E-state index in [-0.39, 0.29) is 16.7 Å². The summed E-state index contributed by atoms with van der Waals surface area (Å²) in [5, 5.41) is 20.0. The molecule has 2 aromatic carbocycles. The van der Waals surface area contributed by atoms with Crippen molar-refractivity contribution in [3.8, 4) is 10.6 Å². The molecule has 0 bridgehead atoms. The molecule has 140 valence electrons. The van der Waals surface area contributed by atoms with Crippen LogP contribution in [0.25, 0.3) is 10.6 Å². The standard InChI is InChI=1S/C19H15N5O3S/c1-2-11-23-14-9-5-3-7-12(14)16(18(23)25)20-19-22-21-17(28-19)13-8-4-6-10-15(13)24(26)27/h3-10H,2,11H2,1H3/b20-16+. The van der Waals surface area contributed by atoms with Gasteiger partial charge in [-0.15, -0.1) is 10.2 Å². The van der Waals surface area contributed by atoms with Crippen molar-refractivity contribution in [2.24, 2.45) is 4.99 Å². The van der Waals surface area contributed by atoms with E-state index >= 15 is 0 Å². The lowest BCUT2D eigenvalue weighted by Gasteiger charge is -2.14. The molecular formula is C19H15N5O3S. The highest BCUT2D eigenvalue weighted by molar-refractivity contribution is 7.18. The van der Waals surface area contributed by atoms with E-state index in [1.807, 2.05) is 31.2 Å². The van der Waals surface area contributed by atoms with Gasteiger partial charge in [-0.25, -0.2) is 4.99 Å². The average molecular weight is 393 g/mol. The van der Waals surface area contributed by atoms with Crippen LogP contribution in [-0.2, 0) is 4.79 Å². The summed E-state index contributed by atoms with van der Waals surface area (Å²) >= 11 is 1.11. The van der Waals surface area contributed by atoms with Crippen LogP contribution in [0, 0.1) is 10.1 Å². The first-order valence-electron chi connectivity index (χ1n) is 8.67. The Bertz CT molecular complexity index is 1110. The maximum atomic E-state index is 12.8. The highest BCUT2D eigenvalue weighted by atomic mass is 32.1. The van der Waals surface area contributed by atoms with E-state index < -0.39 is 4.92 Å². The van der Waals surface area contributed by atoms with Crippen LogP contribution in [0.15, 0.2) is 53.5 Å². The molecule has 1 amide bonds. The van der Waals surface area contributed by atoms with Gasteiger partial charge in [0, 0.05) is 18.2 Å². The van der Waals surface area contributed by atoms with Crippen LogP contribution in [0.5, 0.6) is 0 Å². The van der Waals surface area contributed by atoms with Crippen molar-refractivity contribution in [1.82, 2.24) is 10.2 Å². The van der Waals surface area contributed by atoms with Gasteiger partial charge in [0.1, 0.15) is 5.71 Å². The van der Waals surface area contributed by atoms with Crippen LogP contribution >= 0.6 is 11.3 Å². The van der Waals surface area contributed by atoms with Crippen molar-refractivity contribution < 1.29 is 9.72 Å². The first-order chi connectivity index (χ1) is 13.6. The lowest BCUT2D eigenvalue weighted by molar-refractivity contribution is -0.384. The Morgan fingerprint density at radius 2 is 1.82 bits per heavy atom. The summed E-state index contributed by atoms with van der Waals surface area (Å²) < 4.78 is 0. The molecule has 0 aliphatic carbocycles. The van der Waals surface area contributed by atoms with Crippen LogP contribution in [0.4, 0.5) is 16.5 Å². The number of carbonyl (C=O) groups is 1. The fourth-order valence-electron chi connectivity index (χ4n) is 3.09. The molecule has 3 aromatic rings. The first kappa shape index (κ1) is 17.9. The molecule has 0 spiro atoms. The number of nitrogens with zero attached hydrogens (tertiary/aromatic N) is 5. The number of hydrogen-bond donors (Lipinski definition) is 0. The van der Waals surface area contributed by atoms with E-state index in [2.05, 4.69) is 15.2 Å². The number of aromatic nitrogens is 2. The van der Waals surface area contributed by atoms with Gasteiger partial charge in [-0.1, -0.05) is 48.6 Å². The lowest BCUT2D eigenvalue weighted by atomic mass is 10.1. The van der Waals surface area contributed by atoms with Gasteiger partial charge in [-0.3, -0.25) is 14.9 Å². The summed E-state index contributed by atoms with van der Waals surface area (Å²) in [5.74, 6) is -0.175. The van der Waals surface area contributed by atoms with Crippen LogP contribution < -0.4 is 4.90 Å². The van der Waals surface area contributed by atoms with Crippen molar-refractivity contribution in [2.45, 2.75) is 13.3 Å². The fraction of sp³-hybridized carbons (Fsp3) is 0.158. The number of anilines is 1. The van der Waals surface area contributed by atoms with Crippen LogP contribution in [0.3, 0.4) is 0 Å². The molecule has 8 nitrogen and oxygen atoms in total. The van der Waals surface area contributed by atoms with Gasteiger partial charge in [0.2, 0.25) is 5.13 Å². The summed E-state index contributed by atoms with van der Waals surface area (Å²) in [6.45, 7) is 2.61. The number of amides is 1. The van der Waals surface area contributed by atoms with E-state index in [1.165, 1.54) is 6.07 Å². The van der Waals surface area contributed by atoms with Crippen molar-refractivity contribution >= 4 is 39.5 Å². The Morgan fingerprint density at radius 1 is 1.11 bits per heavy atom. The zero-order valence-electron chi connectivity index (χ0n) is 14.9. The molecule has 0 unspecified atom stereocenters. The Morgan fingerprint density at radius 3 is 2.57 bits per heavy atom. The largest absolute Gasteiger partial charge is 0.306 e. The fourth-order valence-corrected chi connectivity index (χ4v) is 3.85. The molecule has 9 heteroatoms. The van der Waals surface area contributed by atoms with Crippen LogP contribution in [-0.4, -0.2) is 33.3 Å². The molecule has 2 heterocycles. The maximum Gasteiger partial charge on any atom is 0.279 e. The number of para-hydroxylation sites is 2. The predicted octanol–water partition coefficient (Wildman–Crippen LogP) is 3.99. The Kier molecular flexibility index (Phi) is 4.66. The second-order valence-corrected chi connectivity index (χ2v) is 7.05. The van der Waals surface area contributed by atoms with E-state index in [1.54, 1.807) is 23.1 Å². The Balaban J connectivity index is 1.74. The summed E-state index contributed by atoms with van der Waals surface area (Å²) in [6.07, 6.45) is 0.827. The van der Waals surface area contributed by atoms with Crippen molar-refractivity contribution in [3.05, 3.63) is 64.2 Å². The normalized spacial score (nSPS) is 14.5. The average Bonchev–Trinajstić information content (AvgIpc) is 3.27. The minimum atomic E-state index is -0.457. The molecule has 0 fully saturated rings. The van der Waals surface area contributed by atoms with Gasteiger partial charge in [0.05, 0.1) is 16.2 Å². The third-order valence-corrected chi connectivity index (χ3v) is 5.15. The van der Waals surface area contributed by atoms with Crippen molar-refractivity contribution in [2.75, 3.05) is 11.4 Å². The SMILES string of the molecule is CCCN1C(=O)/C(=N/c2nnc(-c3ccccc3[N+](=O)[O-])s2)c2ccccc21. The second kappa shape index (κ2) is 7.28. The minimum absolute atomic E-state index is 0.0470. The Labute approximate surface area is 164 Å². The number of rotatable bonds is 5. The number of aliphatic imine (C=N–C) groups is 1. The van der Waals surface area contributed by atoms with Gasteiger partial charge in [-0.05, 0) is 18.6 Å². The van der Waals surface area contributed by atoms with Gasteiger partial charge >= 0.3 is 0 Å². The molecule has 0 saturated heterocycles. The van der Waals surface area contributed by atoms with Gasteiger partial charge < -0.3 is 4.90 Å². The monoisotopic (exact) mass is 393 g/mol. The predicted molar refractivity (Wildman–Crippen MR) is 107 cm³/mol. The zero-order chi connectivity index (χ0) is 19.7. The third-order valence-electron chi connectivity index (χ3n) is 4.30. The van der Waals surface area contributed by atoms with Crippen molar-refractivity contribution in [3.63, 3.8) is 0 Å². The molecule has 1 aliphatic heterocycles. The number of fused-ring (bicyclic) bond motifs is 1. The molecule has 1 aliphatic rings. The molecule has 4 rings (SSSR count). The molecule has 1 aromatic heterocycles. The molecule has 0 radical (unpaired) electrons. The first-order valence-corrected chi connectivity index (χ1v) is 9.49. The maximum absolute atomic E-state index is 12.8. The van der Waals surface area contributed by atoms with Crippen molar-refractivity contribution in [1.29, 1.82) is 0 Å². The molecule has 28 heavy (non-hydrogen) atoms. The third kappa shape index (κ3) is 3.05. The molecule has 0 N–H and O–H groups in total. The lowest BCUT2D eigenvalue weighted by Crippen LogP contribution is -2.30.